The van der Waals surface area contributed by atoms with Crippen molar-refractivity contribution in [3.63, 3.8) is 0 Å². The molecule has 0 fully saturated rings. The van der Waals surface area contributed by atoms with Crippen LogP contribution in [0.2, 0.25) is 0 Å². The molecule has 12 aromatic rings. The molecule has 4 aliphatic rings. The summed E-state index contributed by atoms with van der Waals surface area (Å²) in [6.07, 6.45) is 0. The maximum atomic E-state index is 11.4. The zero-order chi connectivity index (χ0) is 51.3. The van der Waals surface area contributed by atoms with Crippen LogP contribution >= 0.6 is 0 Å². The molecule has 0 spiro atoms. The number of benzene rings is 12. The van der Waals surface area contributed by atoms with Crippen LogP contribution in [-0.4, -0.2) is 0 Å². The summed E-state index contributed by atoms with van der Waals surface area (Å²) in [6, 6.07) is 71.0. The van der Waals surface area contributed by atoms with Crippen molar-refractivity contribution in [2.75, 3.05) is 0 Å². The van der Waals surface area contributed by atoms with Gasteiger partial charge < -0.3 is 0 Å². The molecule has 0 bridgehead atoms. The number of nitrogens with zero attached hydrogens (tertiary/aromatic N) is 4. The van der Waals surface area contributed by atoms with Gasteiger partial charge in [0.2, 0.25) is 0 Å². The van der Waals surface area contributed by atoms with Crippen LogP contribution < -0.4 is 0 Å². The molecule has 0 aromatic heterocycles. The summed E-state index contributed by atoms with van der Waals surface area (Å²) in [4.78, 5) is 0. The van der Waals surface area contributed by atoms with Crippen molar-refractivity contribution in [1.29, 1.82) is 21.0 Å². The summed E-state index contributed by atoms with van der Waals surface area (Å²) in [5.41, 5.74) is 23.1. The molecule has 16 rings (SSSR count). The fourth-order valence-corrected chi connectivity index (χ4v) is 14.6. The van der Waals surface area contributed by atoms with Gasteiger partial charge in [-0.05, 0) is 227 Å². The second-order valence-electron chi connectivity index (χ2n) is 22.3. The molecule has 348 valence electrons. The van der Waals surface area contributed by atoms with Gasteiger partial charge in [-0.1, -0.05) is 125 Å². The summed E-state index contributed by atoms with van der Waals surface area (Å²) >= 11 is 0. The maximum Gasteiger partial charge on any atom is 0.0998 e. The number of hydrogen-bond acceptors (Lipinski definition) is 4. The van der Waals surface area contributed by atoms with Gasteiger partial charge >= 0.3 is 0 Å². The van der Waals surface area contributed by atoms with Crippen LogP contribution in [0, 0.1) is 45.3 Å². The van der Waals surface area contributed by atoms with Gasteiger partial charge in [-0.3, -0.25) is 0 Å². The Labute approximate surface area is 438 Å². The van der Waals surface area contributed by atoms with Gasteiger partial charge in [-0.25, -0.2) is 0 Å². The Morgan fingerprint density at radius 2 is 0.618 bits per heavy atom. The lowest BCUT2D eigenvalue weighted by Gasteiger charge is -2.24. The molecule has 0 radical (unpaired) electrons. The van der Waals surface area contributed by atoms with Gasteiger partial charge in [-0.15, -0.1) is 0 Å². The smallest absolute Gasteiger partial charge is 0.0998 e. The Bertz CT molecular complexity index is 4710. The second-order valence-corrected chi connectivity index (χ2v) is 22.3. The SMILES string of the molecule is CC1(C)c2cc(C#N)ccc2-c2c1ccc(C#N)c2-c1cc2c3cc4c(cc3c(-c3c(C#N)ccc5c3-c3ccc(C#N)cc3C5(C)C)cc2c2cc3c(cc12)-c1cccc2cccc-3c12)-c1cccc2cccc-4c12. The highest BCUT2D eigenvalue weighted by molar-refractivity contribution is 6.30. The average molecular weight is 961 g/mol. The third-order valence-electron chi connectivity index (χ3n) is 18.0. The average Bonchev–Trinajstić information content (AvgIpc) is 4.29. The van der Waals surface area contributed by atoms with Crippen LogP contribution in [0.25, 0.3) is 143 Å². The zero-order valence-electron chi connectivity index (χ0n) is 42.0. The molecular formula is C72H40N4. The fraction of sp³-hybridized carbons (Fsp3) is 0.0833. The van der Waals surface area contributed by atoms with Crippen molar-refractivity contribution in [3.8, 4) is 113 Å². The lowest BCUT2D eigenvalue weighted by Crippen LogP contribution is -2.15. The van der Waals surface area contributed by atoms with E-state index in [4.69, 9.17) is 0 Å². The standard InChI is InChI=1S/C72H40N4/c1-71(2)61-23-19-41(35-75)67(69(61)47-21-17-37(33-73)25-63(47)71)59-31-55-54-28-50-44-14-6-10-40-12-8-16-46(66(40)44)52(50)30-58(54)60(68-42(36-76)20-24-62-70(68)48-22-18-38(34-74)26-64(48)72(62,3)4)32-56(55)53-27-49-43-13-5-9-39-11-7-15-45(65(39)43)51(49)29-57(53)59/h5-32H,1-4H3. The zero-order valence-corrected chi connectivity index (χ0v) is 42.0. The molecule has 0 aliphatic heterocycles. The van der Waals surface area contributed by atoms with E-state index in [9.17, 15) is 21.0 Å². The first-order valence-corrected chi connectivity index (χ1v) is 25.9. The monoisotopic (exact) mass is 960 g/mol. The van der Waals surface area contributed by atoms with Crippen LogP contribution in [0.3, 0.4) is 0 Å². The van der Waals surface area contributed by atoms with E-state index in [0.29, 0.717) is 22.3 Å². The predicted molar refractivity (Wildman–Crippen MR) is 308 cm³/mol. The van der Waals surface area contributed by atoms with Gasteiger partial charge in [0.25, 0.3) is 0 Å². The quantitative estimate of drug-likeness (QED) is 0.161. The summed E-state index contributed by atoms with van der Waals surface area (Å²) < 4.78 is 0. The van der Waals surface area contributed by atoms with Gasteiger partial charge in [0, 0.05) is 22.0 Å². The van der Waals surface area contributed by atoms with E-state index >= 15 is 0 Å². The number of fused-ring (bicyclic) bond motifs is 17. The third kappa shape index (κ3) is 5.13. The second kappa shape index (κ2) is 14.3. The van der Waals surface area contributed by atoms with Crippen LogP contribution in [0.15, 0.2) is 170 Å². The van der Waals surface area contributed by atoms with Gasteiger partial charge in [0.15, 0.2) is 0 Å². The summed E-state index contributed by atoms with van der Waals surface area (Å²) in [5, 5.41) is 54.1. The minimum absolute atomic E-state index is 0.443. The van der Waals surface area contributed by atoms with E-state index in [-0.39, 0.29) is 0 Å². The molecule has 4 heteroatoms. The Kier molecular flexibility index (Phi) is 8.01. The largest absolute Gasteiger partial charge is 0.192 e. The highest BCUT2D eigenvalue weighted by Gasteiger charge is 2.41. The highest BCUT2D eigenvalue weighted by atomic mass is 14.4. The van der Waals surface area contributed by atoms with E-state index in [2.05, 4.69) is 185 Å². The first kappa shape index (κ1) is 42.4. The highest BCUT2D eigenvalue weighted by Crippen LogP contribution is 2.60. The van der Waals surface area contributed by atoms with Crippen LogP contribution in [0.5, 0.6) is 0 Å². The first-order valence-electron chi connectivity index (χ1n) is 25.9. The fourth-order valence-electron chi connectivity index (χ4n) is 14.6. The molecule has 0 atom stereocenters. The van der Waals surface area contributed by atoms with Crippen molar-refractivity contribution < 1.29 is 0 Å². The van der Waals surface area contributed by atoms with Crippen LogP contribution in [-0.2, 0) is 10.8 Å². The lowest BCUT2D eigenvalue weighted by molar-refractivity contribution is 0.660. The number of hydrogen-bond donors (Lipinski definition) is 0. The molecule has 0 saturated carbocycles. The predicted octanol–water partition coefficient (Wildman–Crippen LogP) is 18.2. The summed E-state index contributed by atoms with van der Waals surface area (Å²) in [6.45, 7) is 8.90. The molecule has 0 amide bonds. The molecular weight excluding hydrogens is 921 g/mol. The molecule has 0 heterocycles. The minimum Gasteiger partial charge on any atom is -0.192 e. The normalized spacial score (nSPS) is 13.9. The van der Waals surface area contributed by atoms with E-state index in [1.165, 1.54) is 43.8 Å². The summed E-state index contributed by atoms with van der Waals surface area (Å²) in [7, 11) is 0. The van der Waals surface area contributed by atoms with Gasteiger partial charge in [-0.2, -0.15) is 21.0 Å². The Hall–Kier alpha value is -10.1. The van der Waals surface area contributed by atoms with E-state index < -0.39 is 10.8 Å². The van der Waals surface area contributed by atoms with Crippen LogP contribution in [0.1, 0.15) is 72.2 Å². The van der Waals surface area contributed by atoms with Crippen LogP contribution in [0.4, 0.5) is 0 Å². The Morgan fingerprint density at radius 3 is 0.974 bits per heavy atom. The van der Waals surface area contributed by atoms with Gasteiger partial charge in [0.1, 0.15) is 0 Å². The Morgan fingerprint density at radius 1 is 0.276 bits per heavy atom. The lowest BCUT2D eigenvalue weighted by atomic mass is 9.79. The van der Waals surface area contributed by atoms with E-state index in [1.807, 2.05) is 36.4 Å². The number of rotatable bonds is 2. The van der Waals surface area contributed by atoms with E-state index in [1.54, 1.807) is 0 Å². The molecule has 4 nitrogen and oxygen atoms in total. The molecule has 12 aromatic carbocycles. The minimum atomic E-state index is -0.443. The maximum absolute atomic E-state index is 11.4. The first-order chi connectivity index (χ1) is 37.0. The van der Waals surface area contributed by atoms with Crippen molar-refractivity contribution in [2.45, 2.75) is 38.5 Å². The molecule has 4 aliphatic carbocycles. The van der Waals surface area contributed by atoms with Crippen molar-refractivity contribution in [1.82, 2.24) is 0 Å². The van der Waals surface area contributed by atoms with Crippen molar-refractivity contribution in [2.24, 2.45) is 0 Å². The molecule has 0 saturated heterocycles. The molecule has 76 heavy (non-hydrogen) atoms. The van der Waals surface area contributed by atoms with Gasteiger partial charge in [0.05, 0.1) is 46.5 Å². The molecule has 0 N–H and O–H groups in total. The van der Waals surface area contributed by atoms with Crippen molar-refractivity contribution >= 4 is 53.9 Å². The molecule has 0 unspecified atom stereocenters. The number of nitriles is 4. The van der Waals surface area contributed by atoms with E-state index in [0.717, 1.165) is 121 Å². The van der Waals surface area contributed by atoms with Crippen molar-refractivity contribution in [3.05, 3.63) is 214 Å². The third-order valence-corrected chi connectivity index (χ3v) is 18.0. The topological polar surface area (TPSA) is 95.2 Å². The Balaban J connectivity index is 1.12. The summed E-state index contributed by atoms with van der Waals surface area (Å²) in [5.74, 6) is 0.